The summed E-state index contributed by atoms with van der Waals surface area (Å²) >= 11 is 0. The molecule has 0 spiro atoms. The zero-order valence-electron chi connectivity index (χ0n) is 17.5. The topological polar surface area (TPSA) is 93.1 Å². The van der Waals surface area contributed by atoms with Crippen LogP contribution in [0.2, 0.25) is 0 Å². The third-order valence-electron chi connectivity index (χ3n) is 4.71. The lowest BCUT2D eigenvalue weighted by Gasteiger charge is -2.19. The van der Waals surface area contributed by atoms with Crippen molar-refractivity contribution in [1.29, 1.82) is 0 Å². The van der Waals surface area contributed by atoms with E-state index in [1.54, 1.807) is 66.5 Å². The van der Waals surface area contributed by atoms with Gasteiger partial charge in [-0.2, -0.15) is 5.10 Å². The van der Waals surface area contributed by atoms with E-state index in [-0.39, 0.29) is 16.2 Å². The SMILES string of the molecule is CC(C(=O)Nc1cccc(NS(=O)(=O)c2ccc(C(C)(C)C)cc2)c1)n1cccn1. The smallest absolute Gasteiger partial charge is 0.261 e. The van der Waals surface area contributed by atoms with Crippen LogP contribution in [0.15, 0.2) is 71.9 Å². The zero-order chi connectivity index (χ0) is 21.9. The molecule has 0 aliphatic rings. The Labute approximate surface area is 177 Å². The Morgan fingerprint density at radius 2 is 1.70 bits per heavy atom. The third-order valence-corrected chi connectivity index (χ3v) is 6.11. The standard InChI is InChI=1S/C22H26N4O3S/c1-16(26-14-6-13-23-26)21(27)24-18-7-5-8-19(15-18)25-30(28,29)20-11-9-17(10-12-20)22(2,3)4/h5-16,25H,1-4H3,(H,24,27). The van der Waals surface area contributed by atoms with Crippen LogP contribution >= 0.6 is 0 Å². The van der Waals surface area contributed by atoms with Crippen LogP contribution in [-0.2, 0) is 20.2 Å². The van der Waals surface area contributed by atoms with Crippen LogP contribution in [0, 0.1) is 0 Å². The van der Waals surface area contributed by atoms with Crippen molar-refractivity contribution in [2.24, 2.45) is 0 Å². The van der Waals surface area contributed by atoms with Crippen molar-refractivity contribution in [2.75, 3.05) is 10.0 Å². The van der Waals surface area contributed by atoms with E-state index >= 15 is 0 Å². The summed E-state index contributed by atoms with van der Waals surface area (Å²) < 4.78 is 29.6. The molecular weight excluding hydrogens is 400 g/mol. The van der Waals surface area contributed by atoms with E-state index in [0.29, 0.717) is 11.4 Å². The number of nitrogens with one attached hydrogen (secondary N) is 2. The molecule has 1 atom stereocenters. The minimum atomic E-state index is -3.75. The molecule has 0 aliphatic heterocycles. The predicted octanol–water partition coefficient (Wildman–Crippen LogP) is 4.18. The number of aromatic nitrogens is 2. The van der Waals surface area contributed by atoms with Crippen molar-refractivity contribution in [3.8, 4) is 0 Å². The van der Waals surface area contributed by atoms with Crippen molar-refractivity contribution in [2.45, 2.75) is 44.0 Å². The molecule has 30 heavy (non-hydrogen) atoms. The largest absolute Gasteiger partial charge is 0.324 e. The van der Waals surface area contributed by atoms with Crippen LogP contribution in [0.25, 0.3) is 0 Å². The number of anilines is 2. The van der Waals surface area contributed by atoms with Gasteiger partial charge in [-0.15, -0.1) is 0 Å². The van der Waals surface area contributed by atoms with E-state index in [2.05, 4.69) is 35.9 Å². The molecule has 8 heteroatoms. The molecule has 1 amide bonds. The highest BCUT2D eigenvalue weighted by Gasteiger charge is 2.19. The number of hydrogen-bond acceptors (Lipinski definition) is 4. The highest BCUT2D eigenvalue weighted by atomic mass is 32.2. The number of nitrogens with zero attached hydrogens (tertiary/aromatic N) is 2. The fraction of sp³-hybridized carbons (Fsp3) is 0.273. The Morgan fingerprint density at radius 3 is 2.30 bits per heavy atom. The summed E-state index contributed by atoms with van der Waals surface area (Å²) in [6.45, 7) is 7.95. The van der Waals surface area contributed by atoms with Gasteiger partial charge < -0.3 is 5.32 Å². The molecule has 2 N–H and O–H groups in total. The van der Waals surface area contributed by atoms with Crippen LogP contribution < -0.4 is 10.0 Å². The van der Waals surface area contributed by atoms with Gasteiger partial charge in [-0.3, -0.25) is 14.2 Å². The van der Waals surface area contributed by atoms with Gasteiger partial charge in [-0.1, -0.05) is 39.0 Å². The zero-order valence-corrected chi connectivity index (χ0v) is 18.3. The average Bonchev–Trinajstić information content (AvgIpc) is 3.21. The van der Waals surface area contributed by atoms with Crippen molar-refractivity contribution in [3.63, 3.8) is 0 Å². The molecule has 2 aromatic carbocycles. The molecule has 3 aromatic rings. The van der Waals surface area contributed by atoms with Crippen LogP contribution in [0.3, 0.4) is 0 Å². The number of rotatable bonds is 6. The maximum absolute atomic E-state index is 12.7. The monoisotopic (exact) mass is 426 g/mol. The summed E-state index contributed by atoms with van der Waals surface area (Å²) in [5.41, 5.74) is 1.84. The van der Waals surface area contributed by atoms with Crippen LogP contribution in [-0.4, -0.2) is 24.1 Å². The van der Waals surface area contributed by atoms with Gasteiger partial charge in [0.15, 0.2) is 0 Å². The van der Waals surface area contributed by atoms with Gasteiger partial charge in [-0.25, -0.2) is 8.42 Å². The van der Waals surface area contributed by atoms with Crippen molar-refractivity contribution in [1.82, 2.24) is 9.78 Å². The minimum absolute atomic E-state index is 0.0600. The summed E-state index contributed by atoms with van der Waals surface area (Å²) in [5, 5.41) is 6.85. The van der Waals surface area contributed by atoms with Gasteiger partial charge in [0.2, 0.25) is 5.91 Å². The van der Waals surface area contributed by atoms with E-state index in [9.17, 15) is 13.2 Å². The number of sulfonamides is 1. The molecular formula is C22H26N4O3S. The quantitative estimate of drug-likeness (QED) is 0.618. The normalized spacial score (nSPS) is 12.9. The van der Waals surface area contributed by atoms with Crippen LogP contribution in [0.4, 0.5) is 11.4 Å². The highest BCUT2D eigenvalue weighted by Crippen LogP contribution is 2.25. The average molecular weight is 427 g/mol. The lowest BCUT2D eigenvalue weighted by molar-refractivity contribution is -0.119. The van der Waals surface area contributed by atoms with Crippen molar-refractivity contribution in [3.05, 3.63) is 72.6 Å². The third kappa shape index (κ3) is 5.07. The minimum Gasteiger partial charge on any atom is -0.324 e. The molecule has 0 saturated heterocycles. The molecule has 0 aliphatic carbocycles. The second-order valence-corrected chi connectivity index (χ2v) is 9.79. The summed E-state index contributed by atoms with van der Waals surface area (Å²) in [4.78, 5) is 12.6. The highest BCUT2D eigenvalue weighted by molar-refractivity contribution is 7.92. The molecule has 0 fully saturated rings. The lowest BCUT2D eigenvalue weighted by atomic mass is 9.87. The summed E-state index contributed by atoms with van der Waals surface area (Å²) in [6.07, 6.45) is 3.31. The van der Waals surface area contributed by atoms with Crippen molar-refractivity contribution < 1.29 is 13.2 Å². The molecule has 7 nitrogen and oxygen atoms in total. The van der Waals surface area contributed by atoms with Gasteiger partial charge in [0, 0.05) is 18.1 Å². The fourth-order valence-corrected chi connectivity index (χ4v) is 3.93. The molecule has 0 saturated carbocycles. The van der Waals surface area contributed by atoms with Crippen molar-refractivity contribution >= 4 is 27.3 Å². The Bertz CT molecular complexity index is 1120. The van der Waals surface area contributed by atoms with E-state index in [1.165, 1.54) is 0 Å². The van der Waals surface area contributed by atoms with Gasteiger partial charge >= 0.3 is 0 Å². The molecule has 1 heterocycles. The van der Waals surface area contributed by atoms with E-state index in [4.69, 9.17) is 0 Å². The first-order chi connectivity index (χ1) is 14.1. The first kappa shape index (κ1) is 21.6. The number of carbonyl (C=O) groups excluding carboxylic acids is 1. The van der Waals surface area contributed by atoms with Crippen LogP contribution in [0.5, 0.6) is 0 Å². The molecule has 1 unspecified atom stereocenters. The van der Waals surface area contributed by atoms with Gasteiger partial charge in [-0.05, 0) is 54.3 Å². The Morgan fingerprint density at radius 1 is 1.03 bits per heavy atom. The Hall–Kier alpha value is -3.13. The van der Waals surface area contributed by atoms with Crippen LogP contribution in [0.1, 0.15) is 39.3 Å². The Kier molecular flexibility index (Phi) is 5.98. The molecule has 158 valence electrons. The Balaban J connectivity index is 1.73. The molecule has 0 radical (unpaired) electrons. The van der Waals surface area contributed by atoms with E-state index in [0.717, 1.165) is 5.56 Å². The second-order valence-electron chi connectivity index (χ2n) is 8.11. The van der Waals surface area contributed by atoms with E-state index in [1.807, 2.05) is 12.1 Å². The maximum Gasteiger partial charge on any atom is 0.261 e. The molecule has 1 aromatic heterocycles. The number of carbonyl (C=O) groups is 1. The first-order valence-corrected chi connectivity index (χ1v) is 11.1. The first-order valence-electron chi connectivity index (χ1n) is 9.60. The second kappa shape index (κ2) is 8.31. The summed E-state index contributed by atoms with van der Waals surface area (Å²) in [7, 11) is -3.75. The van der Waals surface area contributed by atoms with Gasteiger partial charge in [0.05, 0.1) is 10.6 Å². The molecule has 0 bridgehead atoms. The number of amides is 1. The predicted molar refractivity (Wildman–Crippen MR) is 118 cm³/mol. The number of hydrogen-bond donors (Lipinski definition) is 2. The molecule has 3 rings (SSSR count). The lowest BCUT2D eigenvalue weighted by Crippen LogP contribution is -2.24. The number of benzene rings is 2. The van der Waals surface area contributed by atoms with E-state index < -0.39 is 16.1 Å². The maximum atomic E-state index is 12.7. The summed E-state index contributed by atoms with van der Waals surface area (Å²) in [5.74, 6) is -0.253. The summed E-state index contributed by atoms with van der Waals surface area (Å²) in [6, 6.07) is 14.7. The van der Waals surface area contributed by atoms with Gasteiger partial charge in [0.1, 0.15) is 6.04 Å². The fourth-order valence-electron chi connectivity index (χ4n) is 2.89. The van der Waals surface area contributed by atoms with Gasteiger partial charge in [0.25, 0.3) is 10.0 Å².